The first-order chi connectivity index (χ1) is 7.59. The summed E-state index contributed by atoms with van der Waals surface area (Å²) in [5, 5.41) is 9.36. The van der Waals surface area contributed by atoms with E-state index in [0.29, 0.717) is 24.7 Å². The molecule has 0 spiro atoms. The zero-order chi connectivity index (χ0) is 12.0. The predicted molar refractivity (Wildman–Crippen MR) is 62.5 cm³/mol. The second-order valence-electron chi connectivity index (χ2n) is 3.71. The molecule has 0 aliphatic rings. The van der Waals surface area contributed by atoms with Crippen LogP contribution in [0, 0.1) is 5.92 Å². The van der Waals surface area contributed by atoms with Crippen molar-refractivity contribution >= 4 is 17.6 Å². The highest BCUT2D eigenvalue weighted by Gasteiger charge is 2.09. The van der Waals surface area contributed by atoms with E-state index in [2.05, 4.69) is 0 Å². The lowest BCUT2D eigenvalue weighted by Crippen LogP contribution is -2.12. The lowest BCUT2D eigenvalue weighted by molar-refractivity contribution is -0.141. The Balaban J connectivity index is 2.21. The molecule has 1 aromatic rings. The smallest absolute Gasteiger partial charge is 0.306 e. The van der Waals surface area contributed by atoms with Crippen LogP contribution in [0.15, 0.2) is 24.3 Å². The molecular formula is C12H15ClO3. The molecule has 1 rings (SSSR count). The molecule has 0 bridgehead atoms. The Morgan fingerprint density at radius 1 is 1.44 bits per heavy atom. The van der Waals surface area contributed by atoms with Crippen LogP contribution in [0.4, 0.5) is 0 Å². The molecule has 3 nitrogen and oxygen atoms in total. The number of carboxylic acids is 1. The maximum atomic E-state index is 10.5. The van der Waals surface area contributed by atoms with E-state index in [1.54, 1.807) is 19.1 Å². The summed E-state index contributed by atoms with van der Waals surface area (Å²) in [6, 6.07) is 7.40. The van der Waals surface area contributed by atoms with Gasteiger partial charge >= 0.3 is 5.97 Å². The molecule has 4 heteroatoms. The summed E-state index contributed by atoms with van der Waals surface area (Å²) in [4.78, 5) is 10.5. The molecule has 1 N–H and O–H groups in total. The Morgan fingerprint density at radius 3 is 2.62 bits per heavy atom. The van der Waals surface area contributed by atoms with Gasteiger partial charge in [0.05, 0.1) is 12.5 Å². The fourth-order valence-corrected chi connectivity index (χ4v) is 1.28. The fraction of sp³-hybridized carbons (Fsp3) is 0.417. The zero-order valence-electron chi connectivity index (χ0n) is 9.15. The lowest BCUT2D eigenvalue weighted by Gasteiger charge is -2.07. The van der Waals surface area contributed by atoms with E-state index >= 15 is 0 Å². The first-order valence-corrected chi connectivity index (χ1v) is 5.52. The molecule has 0 aromatic heterocycles. The van der Waals surface area contributed by atoms with Crippen molar-refractivity contribution in [2.24, 2.45) is 5.92 Å². The van der Waals surface area contributed by atoms with Crippen molar-refractivity contribution in [3.63, 3.8) is 0 Å². The van der Waals surface area contributed by atoms with E-state index in [-0.39, 0.29) is 5.92 Å². The number of rotatable bonds is 6. The van der Waals surface area contributed by atoms with E-state index in [9.17, 15) is 4.79 Å². The fourth-order valence-electron chi connectivity index (χ4n) is 1.15. The summed E-state index contributed by atoms with van der Waals surface area (Å²) in [6.45, 7) is 2.62. The van der Waals surface area contributed by atoms with Gasteiger partial charge in [-0.3, -0.25) is 4.79 Å². The van der Waals surface area contributed by atoms with Gasteiger partial charge in [0.15, 0.2) is 0 Å². The standard InChI is InChI=1S/C12H15ClO3/c1-9(12(14)15)6-7-16-8-10-2-4-11(13)5-3-10/h2-5,9H,6-8H2,1H3,(H,14,15). The molecular weight excluding hydrogens is 228 g/mol. The van der Waals surface area contributed by atoms with Crippen LogP contribution in [-0.4, -0.2) is 17.7 Å². The van der Waals surface area contributed by atoms with E-state index in [4.69, 9.17) is 21.4 Å². The average molecular weight is 243 g/mol. The first-order valence-electron chi connectivity index (χ1n) is 5.14. The van der Waals surface area contributed by atoms with Gasteiger partial charge in [0.2, 0.25) is 0 Å². The quantitative estimate of drug-likeness (QED) is 0.780. The van der Waals surface area contributed by atoms with Crippen molar-refractivity contribution in [2.75, 3.05) is 6.61 Å². The molecule has 0 radical (unpaired) electrons. The van der Waals surface area contributed by atoms with Gasteiger partial charge in [0.25, 0.3) is 0 Å². The van der Waals surface area contributed by atoms with Gasteiger partial charge < -0.3 is 9.84 Å². The lowest BCUT2D eigenvalue weighted by atomic mass is 10.1. The highest BCUT2D eigenvalue weighted by atomic mass is 35.5. The second-order valence-corrected chi connectivity index (χ2v) is 4.14. The van der Waals surface area contributed by atoms with Gasteiger partial charge in [-0.1, -0.05) is 30.7 Å². The normalized spacial score (nSPS) is 12.4. The third-order valence-corrected chi connectivity index (χ3v) is 2.55. The maximum absolute atomic E-state index is 10.5. The summed E-state index contributed by atoms with van der Waals surface area (Å²) in [5.74, 6) is -1.14. The summed E-state index contributed by atoms with van der Waals surface area (Å²) in [5.41, 5.74) is 1.03. The average Bonchev–Trinajstić information content (AvgIpc) is 2.26. The van der Waals surface area contributed by atoms with Gasteiger partial charge in [0.1, 0.15) is 0 Å². The van der Waals surface area contributed by atoms with Crippen LogP contribution in [0.3, 0.4) is 0 Å². The number of aliphatic carboxylic acids is 1. The Kier molecular flexibility index (Phi) is 5.29. The van der Waals surface area contributed by atoms with Crippen molar-refractivity contribution in [3.8, 4) is 0 Å². The van der Waals surface area contributed by atoms with E-state index in [1.165, 1.54) is 0 Å². The zero-order valence-corrected chi connectivity index (χ0v) is 9.91. The number of halogens is 1. The van der Waals surface area contributed by atoms with E-state index in [0.717, 1.165) is 5.56 Å². The monoisotopic (exact) mass is 242 g/mol. The van der Waals surface area contributed by atoms with Gasteiger partial charge in [-0.25, -0.2) is 0 Å². The highest BCUT2D eigenvalue weighted by molar-refractivity contribution is 6.30. The maximum Gasteiger partial charge on any atom is 0.306 e. The Bertz CT molecular complexity index is 335. The van der Waals surface area contributed by atoms with Crippen molar-refractivity contribution in [2.45, 2.75) is 20.0 Å². The summed E-state index contributed by atoms with van der Waals surface area (Å²) in [6.07, 6.45) is 0.531. The topological polar surface area (TPSA) is 46.5 Å². The van der Waals surface area contributed by atoms with E-state index < -0.39 is 5.97 Å². The predicted octanol–water partition coefficient (Wildman–Crippen LogP) is 2.97. The van der Waals surface area contributed by atoms with Gasteiger partial charge in [-0.05, 0) is 24.1 Å². The van der Waals surface area contributed by atoms with Crippen LogP contribution in [0.1, 0.15) is 18.9 Å². The minimum absolute atomic E-state index is 0.356. The third kappa shape index (κ3) is 4.64. The number of carbonyl (C=O) groups is 1. The number of hydrogen-bond acceptors (Lipinski definition) is 2. The number of carboxylic acid groups (broad SMARTS) is 1. The Morgan fingerprint density at radius 2 is 2.06 bits per heavy atom. The molecule has 1 aromatic carbocycles. The molecule has 0 saturated carbocycles. The van der Waals surface area contributed by atoms with E-state index in [1.807, 2.05) is 12.1 Å². The number of hydrogen-bond donors (Lipinski definition) is 1. The Labute approximate surface area is 100.0 Å². The van der Waals surface area contributed by atoms with Crippen LogP contribution in [0.5, 0.6) is 0 Å². The molecule has 0 amide bonds. The molecule has 1 unspecified atom stereocenters. The Hall–Kier alpha value is -1.06. The molecule has 0 fully saturated rings. The minimum Gasteiger partial charge on any atom is -0.481 e. The third-order valence-electron chi connectivity index (χ3n) is 2.30. The van der Waals surface area contributed by atoms with Crippen molar-refractivity contribution < 1.29 is 14.6 Å². The minimum atomic E-state index is -0.782. The van der Waals surface area contributed by atoms with Crippen LogP contribution in [0.25, 0.3) is 0 Å². The summed E-state index contributed by atoms with van der Waals surface area (Å²) < 4.78 is 5.37. The molecule has 1 atom stereocenters. The van der Waals surface area contributed by atoms with Gasteiger partial charge in [-0.15, -0.1) is 0 Å². The van der Waals surface area contributed by atoms with Crippen molar-refractivity contribution in [1.82, 2.24) is 0 Å². The highest BCUT2D eigenvalue weighted by Crippen LogP contribution is 2.10. The molecule has 0 saturated heterocycles. The number of benzene rings is 1. The van der Waals surface area contributed by atoms with Crippen LogP contribution in [0.2, 0.25) is 5.02 Å². The molecule has 0 heterocycles. The van der Waals surface area contributed by atoms with Crippen molar-refractivity contribution in [1.29, 1.82) is 0 Å². The molecule has 16 heavy (non-hydrogen) atoms. The van der Waals surface area contributed by atoms with Gasteiger partial charge in [-0.2, -0.15) is 0 Å². The summed E-state index contributed by atoms with van der Waals surface area (Å²) >= 11 is 5.74. The molecule has 0 aliphatic heterocycles. The van der Waals surface area contributed by atoms with Crippen LogP contribution in [-0.2, 0) is 16.1 Å². The SMILES string of the molecule is CC(CCOCc1ccc(Cl)cc1)C(=O)O. The second kappa shape index (κ2) is 6.51. The first kappa shape index (κ1) is 13.0. The largest absolute Gasteiger partial charge is 0.481 e. The van der Waals surface area contributed by atoms with Gasteiger partial charge in [0, 0.05) is 11.6 Å². The van der Waals surface area contributed by atoms with Crippen molar-refractivity contribution in [3.05, 3.63) is 34.9 Å². The summed E-state index contributed by atoms with van der Waals surface area (Å²) in [7, 11) is 0. The molecule has 0 aliphatic carbocycles. The number of ether oxygens (including phenoxy) is 1. The van der Waals surface area contributed by atoms with Crippen LogP contribution >= 0.6 is 11.6 Å². The van der Waals surface area contributed by atoms with Crippen LogP contribution < -0.4 is 0 Å². The molecule has 88 valence electrons.